The maximum absolute atomic E-state index is 12.9. The van der Waals surface area contributed by atoms with Gasteiger partial charge in [0.05, 0.1) is 6.04 Å². The Morgan fingerprint density at radius 1 is 1.07 bits per heavy atom. The highest BCUT2D eigenvalue weighted by atomic mass is 16.3. The van der Waals surface area contributed by atoms with Crippen LogP contribution >= 0.6 is 0 Å². The second kappa shape index (κ2) is 6.91. The van der Waals surface area contributed by atoms with Gasteiger partial charge in [0.15, 0.2) is 0 Å². The van der Waals surface area contributed by atoms with Crippen LogP contribution in [0.4, 0.5) is 0 Å². The van der Waals surface area contributed by atoms with Crippen LogP contribution in [0.25, 0.3) is 10.9 Å². The molecule has 0 amide bonds. The van der Waals surface area contributed by atoms with Gasteiger partial charge >= 0.3 is 5.69 Å². The van der Waals surface area contributed by atoms with Crippen LogP contribution in [0.3, 0.4) is 0 Å². The van der Waals surface area contributed by atoms with Gasteiger partial charge in [-0.3, -0.25) is 19.2 Å². The molecule has 1 fully saturated rings. The lowest BCUT2D eigenvalue weighted by Gasteiger charge is -2.33. The Labute approximate surface area is 168 Å². The molecule has 1 aliphatic carbocycles. The van der Waals surface area contributed by atoms with Crippen LogP contribution < -0.4 is 11.2 Å². The number of benzene rings is 1. The van der Waals surface area contributed by atoms with Gasteiger partial charge in [0.2, 0.25) is 5.88 Å². The van der Waals surface area contributed by atoms with Crippen molar-refractivity contribution in [3.05, 3.63) is 61.9 Å². The Morgan fingerprint density at radius 2 is 1.83 bits per heavy atom. The van der Waals surface area contributed by atoms with E-state index in [2.05, 4.69) is 20.9 Å². The van der Waals surface area contributed by atoms with Crippen molar-refractivity contribution in [1.82, 2.24) is 19.4 Å². The molecule has 1 saturated carbocycles. The van der Waals surface area contributed by atoms with Crippen LogP contribution in [0.1, 0.15) is 61.0 Å². The highest BCUT2D eigenvalue weighted by molar-refractivity contribution is 5.85. The zero-order valence-corrected chi connectivity index (χ0v) is 16.6. The molecular formula is C22H26N4O3. The summed E-state index contributed by atoms with van der Waals surface area (Å²) in [6.45, 7) is 0.765. The normalized spacial score (nSPS) is 20.8. The predicted octanol–water partition coefficient (Wildman–Crippen LogP) is 2.81. The highest BCUT2D eigenvalue weighted by Gasteiger charge is 2.35. The second-order valence-corrected chi connectivity index (χ2v) is 8.35. The van der Waals surface area contributed by atoms with Gasteiger partial charge < -0.3 is 10.1 Å². The Balaban J connectivity index is 1.72. The first-order valence-corrected chi connectivity index (χ1v) is 10.4. The number of rotatable bonds is 2. The van der Waals surface area contributed by atoms with Gasteiger partial charge in [-0.25, -0.2) is 4.79 Å². The monoisotopic (exact) mass is 394 g/mol. The van der Waals surface area contributed by atoms with E-state index in [4.69, 9.17) is 0 Å². The van der Waals surface area contributed by atoms with Crippen LogP contribution in [0.15, 0.2) is 33.9 Å². The summed E-state index contributed by atoms with van der Waals surface area (Å²) in [6, 6.07) is 7.61. The average molecular weight is 394 g/mol. The highest BCUT2D eigenvalue weighted by Crippen LogP contribution is 2.40. The number of hydrogen-bond acceptors (Lipinski definition) is 4. The lowest BCUT2D eigenvalue weighted by atomic mass is 9.92. The fourth-order valence-electron chi connectivity index (χ4n) is 5.20. The molecule has 0 bridgehead atoms. The van der Waals surface area contributed by atoms with E-state index in [1.165, 1.54) is 10.1 Å². The van der Waals surface area contributed by atoms with Crippen LogP contribution in [0, 0.1) is 0 Å². The number of H-pyrrole nitrogens is 2. The van der Waals surface area contributed by atoms with E-state index in [1.807, 2.05) is 25.2 Å². The van der Waals surface area contributed by atoms with Crippen LogP contribution in [-0.2, 0) is 6.42 Å². The third-order valence-corrected chi connectivity index (χ3v) is 6.64. The molecule has 7 heteroatoms. The maximum Gasteiger partial charge on any atom is 0.331 e. The Hall–Kier alpha value is -2.80. The SMILES string of the molecule is CN1CCc2c([nH]c3ccccc23)C1c1c(O)n(C2CCCCC2)c(=O)[nH]c1=O. The van der Waals surface area contributed by atoms with Crippen molar-refractivity contribution >= 4 is 10.9 Å². The molecular weight excluding hydrogens is 368 g/mol. The van der Waals surface area contributed by atoms with E-state index in [-0.39, 0.29) is 17.5 Å². The summed E-state index contributed by atoms with van der Waals surface area (Å²) in [6.07, 6.45) is 5.76. The van der Waals surface area contributed by atoms with Crippen LogP contribution in [0.2, 0.25) is 0 Å². The summed E-state index contributed by atoms with van der Waals surface area (Å²) in [5.41, 5.74) is 2.36. The summed E-state index contributed by atoms with van der Waals surface area (Å²) < 4.78 is 1.42. The number of para-hydroxylation sites is 1. The molecule has 1 aromatic carbocycles. The number of aromatic nitrogens is 3. The minimum atomic E-state index is -0.515. The Kier molecular flexibility index (Phi) is 4.35. The molecule has 7 nitrogen and oxygen atoms in total. The van der Waals surface area contributed by atoms with Crippen LogP contribution in [-0.4, -0.2) is 38.1 Å². The standard InChI is InChI=1S/C22H26N4O3/c1-25-12-11-15-14-9-5-6-10-16(14)23-18(15)19(25)17-20(27)24-22(29)26(21(17)28)13-7-3-2-4-8-13/h5-6,9-10,13,19,23,28H,2-4,7-8,11-12H2,1H3,(H,24,27,29). The topological polar surface area (TPSA) is 94.1 Å². The van der Waals surface area contributed by atoms with Gasteiger partial charge in [-0.2, -0.15) is 0 Å². The lowest BCUT2D eigenvalue weighted by molar-refractivity contribution is 0.242. The first-order chi connectivity index (χ1) is 14.1. The Morgan fingerprint density at radius 3 is 2.62 bits per heavy atom. The summed E-state index contributed by atoms with van der Waals surface area (Å²) in [4.78, 5) is 33.5. The first kappa shape index (κ1) is 18.2. The second-order valence-electron chi connectivity index (χ2n) is 8.35. The van der Waals surface area contributed by atoms with Gasteiger partial charge in [-0.15, -0.1) is 0 Å². The molecule has 2 aromatic heterocycles. The number of hydrogen-bond donors (Lipinski definition) is 3. The maximum atomic E-state index is 12.9. The molecule has 3 aromatic rings. The molecule has 1 aliphatic heterocycles. The number of aromatic amines is 2. The van der Waals surface area contributed by atoms with Crippen molar-refractivity contribution in [3.8, 4) is 5.88 Å². The third-order valence-electron chi connectivity index (χ3n) is 6.64. The van der Waals surface area contributed by atoms with Crippen molar-refractivity contribution in [2.24, 2.45) is 0 Å². The van der Waals surface area contributed by atoms with Gasteiger partial charge in [-0.05, 0) is 37.9 Å². The number of nitrogens with one attached hydrogen (secondary N) is 2. The number of likely N-dealkylation sites (N-methyl/N-ethyl adjacent to an activating group) is 1. The molecule has 0 saturated heterocycles. The molecule has 0 spiro atoms. The van der Waals surface area contributed by atoms with E-state index in [0.717, 1.165) is 61.7 Å². The van der Waals surface area contributed by atoms with E-state index >= 15 is 0 Å². The number of fused-ring (bicyclic) bond motifs is 3. The molecule has 2 aliphatic rings. The smallest absolute Gasteiger partial charge is 0.331 e. The average Bonchev–Trinajstić information content (AvgIpc) is 3.09. The van der Waals surface area contributed by atoms with E-state index in [0.29, 0.717) is 0 Å². The van der Waals surface area contributed by atoms with Gasteiger partial charge in [0, 0.05) is 29.2 Å². The quantitative estimate of drug-likeness (QED) is 0.623. The van der Waals surface area contributed by atoms with Crippen molar-refractivity contribution in [2.75, 3.05) is 13.6 Å². The van der Waals surface area contributed by atoms with Gasteiger partial charge in [0.1, 0.15) is 5.56 Å². The first-order valence-electron chi connectivity index (χ1n) is 10.4. The number of aromatic hydroxyl groups is 1. The molecule has 152 valence electrons. The third kappa shape index (κ3) is 2.83. The van der Waals surface area contributed by atoms with Gasteiger partial charge in [-0.1, -0.05) is 37.5 Å². The van der Waals surface area contributed by atoms with Crippen molar-refractivity contribution in [3.63, 3.8) is 0 Å². The van der Waals surface area contributed by atoms with Crippen molar-refractivity contribution in [1.29, 1.82) is 0 Å². The Bertz CT molecular complexity index is 1180. The lowest BCUT2D eigenvalue weighted by Crippen LogP contribution is -2.41. The minimum absolute atomic E-state index is 0.0667. The van der Waals surface area contributed by atoms with E-state index in [1.54, 1.807) is 0 Å². The van der Waals surface area contributed by atoms with Crippen molar-refractivity contribution in [2.45, 2.75) is 50.6 Å². The summed E-state index contributed by atoms with van der Waals surface area (Å²) in [5, 5.41) is 12.3. The largest absolute Gasteiger partial charge is 0.494 e. The number of nitrogens with zero attached hydrogens (tertiary/aromatic N) is 2. The molecule has 29 heavy (non-hydrogen) atoms. The fourth-order valence-corrected chi connectivity index (χ4v) is 5.20. The summed E-state index contributed by atoms with van der Waals surface area (Å²) in [7, 11) is 1.95. The molecule has 1 unspecified atom stereocenters. The summed E-state index contributed by atoms with van der Waals surface area (Å²) >= 11 is 0. The summed E-state index contributed by atoms with van der Waals surface area (Å²) in [5.74, 6) is -0.186. The van der Waals surface area contributed by atoms with Crippen molar-refractivity contribution < 1.29 is 5.11 Å². The molecule has 3 heterocycles. The molecule has 3 N–H and O–H groups in total. The van der Waals surface area contributed by atoms with E-state index < -0.39 is 17.3 Å². The fraction of sp³-hybridized carbons (Fsp3) is 0.455. The predicted molar refractivity (Wildman–Crippen MR) is 112 cm³/mol. The zero-order valence-electron chi connectivity index (χ0n) is 16.6. The van der Waals surface area contributed by atoms with Crippen LogP contribution in [0.5, 0.6) is 5.88 Å². The molecule has 0 radical (unpaired) electrons. The molecule has 5 rings (SSSR count). The zero-order chi connectivity index (χ0) is 20.1. The minimum Gasteiger partial charge on any atom is -0.494 e. The van der Waals surface area contributed by atoms with E-state index in [9.17, 15) is 14.7 Å². The van der Waals surface area contributed by atoms with Gasteiger partial charge in [0.25, 0.3) is 5.56 Å². The molecule has 1 atom stereocenters.